The van der Waals surface area contributed by atoms with Crippen molar-refractivity contribution in [3.8, 4) is 34.5 Å². The molecule has 0 fully saturated rings. The first kappa shape index (κ1) is 23.8. The van der Waals surface area contributed by atoms with Crippen LogP contribution in [-0.2, 0) is 9.84 Å². The molecular formula is C20H22O10S. The van der Waals surface area contributed by atoms with Crippen LogP contribution in [-0.4, -0.2) is 61.3 Å². The topological polar surface area (TPSA) is 124 Å². The molecule has 0 aliphatic heterocycles. The lowest BCUT2D eigenvalue weighted by Crippen LogP contribution is -2.24. The van der Waals surface area contributed by atoms with Crippen LogP contribution >= 0.6 is 0 Å². The van der Waals surface area contributed by atoms with Crippen LogP contribution in [0.4, 0.5) is 0 Å². The molecule has 0 atom stereocenters. The summed E-state index contributed by atoms with van der Waals surface area (Å²) in [5.41, 5.74) is -0.675. The molecule has 0 aromatic heterocycles. The number of methoxy groups -OCH3 is 6. The van der Waals surface area contributed by atoms with Crippen molar-refractivity contribution in [1.29, 1.82) is 0 Å². The normalized spacial score (nSPS) is 10.8. The fraction of sp³-hybridized carbons (Fsp3) is 0.300. The SMILES string of the molecule is COc1cc(C(=O)S(=O)(=O)C(=O)c2cc(OC)c(OC)c(OC)c2)cc(OC)c1OC. The van der Waals surface area contributed by atoms with Gasteiger partial charge in [0.1, 0.15) is 0 Å². The van der Waals surface area contributed by atoms with Crippen molar-refractivity contribution in [2.24, 2.45) is 0 Å². The predicted octanol–water partition coefficient (Wildman–Crippen LogP) is 2.13. The highest BCUT2D eigenvalue weighted by Crippen LogP contribution is 2.40. The highest BCUT2D eigenvalue weighted by Gasteiger charge is 2.36. The van der Waals surface area contributed by atoms with Crippen LogP contribution in [0.1, 0.15) is 20.7 Å². The fourth-order valence-electron chi connectivity index (χ4n) is 2.79. The highest BCUT2D eigenvalue weighted by atomic mass is 32.2. The van der Waals surface area contributed by atoms with E-state index in [1.807, 2.05) is 0 Å². The predicted molar refractivity (Wildman–Crippen MR) is 110 cm³/mol. The minimum absolute atomic E-state index is 0.0561. The molecule has 0 heterocycles. The lowest BCUT2D eigenvalue weighted by molar-refractivity contribution is 0.104. The van der Waals surface area contributed by atoms with Crippen LogP contribution in [0.15, 0.2) is 24.3 Å². The van der Waals surface area contributed by atoms with Gasteiger partial charge in [-0.05, 0) is 24.3 Å². The number of rotatable bonds is 8. The maximum absolute atomic E-state index is 12.8. The minimum Gasteiger partial charge on any atom is -0.493 e. The number of benzene rings is 2. The van der Waals surface area contributed by atoms with Crippen molar-refractivity contribution < 1.29 is 46.4 Å². The Balaban J connectivity index is 2.58. The fourth-order valence-corrected chi connectivity index (χ4v) is 3.82. The molecule has 31 heavy (non-hydrogen) atoms. The second-order valence-electron chi connectivity index (χ2n) is 5.91. The molecule has 0 saturated carbocycles. The average Bonchev–Trinajstić information content (AvgIpc) is 2.80. The number of sulfone groups is 1. The standard InChI is InChI=1S/C20H22O10S/c1-25-13-7-11(8-14(26-2)17(13)29-5)19(21)31(23,24)20(22)12-9-15(27-3)18(30-6)16(10-12)28-4/h7-10H,1-6H3. The average molecular weight is 454 g/mol. The molecule has 0 radical (unpaired) electrons. The summed E-state index contributed by atoms with van der Waals surface area (Å²) < 4.78 is 56.4. The third-order valence-electron chi connectivity index (χ3n) is 4.29. The lowest BCUT2D eigenvalue weighted by Gasteiger charge is -2.14. The van der Waals surface area contributed by atoms with Crippen LogP contribution in [0.3, 0.4) is 0 Å². The Morgan fingerprint density at radius 3 is 1.00 bits per heavy atom. The summed E-state index contributed by atoms with van der Waals surface area (Å²) in [6.07, 6.45) is 0. The van der Waals surface area contributed by atoms with Gasteiger partial charge in [-0.2, -0.15) is 0 Å². The Kier molecular flexibility index (Phi) is 7.34. The molecule has 11 heteroatoms. The Bertz CT molecular complexity index is 973. The first-order chi connectivity index (χ1) is 14.7. The van der Waals surface area contributed by atoms with Gasteiger partial charge in [-0.15, -0.1) is 0 Å². The third kappa shape index (κ3) is 4.36. The molecular weight excluding hydrogens is 432 g/mol. The molecule has 0 unspecified atom stereocenters. The molecule has 2 aromatic carbocycles. The van der Waals surface area contributed by atoms with Gasteiger partial charge in [0.05, 0.1) is 42.7 Å². The third-order valence-corrected chi connectivity index (χ3v) is 5.74. The van der Waals surface area contributed by atoms with E-state index in [-0.39, 0.29) is 45.6 Å². The van der Waals surface area contributed by atoms with Crippen LogP contribution in [0.5, 0.6) is 34.5 Å². The van der Waals surface area contributed by atoms with Gasteiger partial charge in [0.25, 0.3) is 20.1 Å². The van der Waals surface area contributed by atoms with E-state index in [0.29, 0.717) is 0 Å². The van der Waals surface area contributed by atoms with E-state index in [4.69, 9.17) is 28.4 Å². The molecule has 0 spiro atoms. The van der Waals surface area contributed by atoms with Crippen molar-refractivity contribution in [3.63, 3.8) is 0 Å². The summed E-state index contributed by atoms with van der Waals surface area (Å²) in [4.78, 5) is 25.6. The minimum atomic E-state index is -4.97. The summed E-state index contributed by atoms with van der Waals surface area (Å²) in [6.45, 7) is 0. The summed E-state index contributed by atoms with van der Waals surface area (Å²) in [5, 5.41) is -2.88. The summed E-state index contributed by atoms with van der Waals surface area (Å²) in [7, 11) is 2.97. The summed E-state index contributed by atoms with van der Waals surface area (Å²) in [6, 6.07) is 4.57. The van der Waals surface area contributed by atoms with Gasteiger partial charge in [-0.3, -0.25) is 9.59 Å². The Labute approximate surface area is 179 Å². The van der Waals surface area contributed by atoms with Crippen LogP contribution < -0.4 is 28.4 Å². The van der Waals surface area contributed by atoms with Gasteiger partial charge in [0.15, 0.2) is 23.0 Å². The van der Waals surface area contributed by atoms with Crippen LogP contribution in [0, 0.1) is 0 Å². The number of hydrogen-bond acceptors (Lipinski definition) is 10. The van der Waals surface area contributed by atoms with Gasteiger partial charge in [0, 0.05) is 11.1 Å². The number of carbonyl (C=O) groups is 2. The molecule has 0 aliphatic carbocycles. The molecule has 0 amide bonds. The van der Waals surface area contributed by atoms with Gasteiger partial charge in [0.2, 0.25) is 11.5 Å². The van der Waals surface area contributed by atoms with E-state index in [0.717, 1.165) is 24.3 Å². The Hall–Kier alpha value is -3.47. The van der Waals surface area contributed by atoms with Gasteiger partial charge in [-0.1, -0.05) is 0 Å². The second-order valence-corrected chi connectivity index (χ2v) is 7.65. The zero-order valence-corrected chi connectivity index (χ0v) is 18.6. The van der Waals surface area contributed by atoms with Crippen molar-refractivity contribution in [2.45, 2.75) is 0 Å². The largest absolute Gasteiger partial charge is 0.493 e. The van der Waals surface area contributed by atoms with Crippen molar-refractivity contribution in [3.05, 3.63) is 35.4 Å². The lowest BCUT2D eigenvalue weighted by atomic mass is 10.2. The Morgan fingerprint density at radius 2 is 0.806 bits per heavy atom. The van der Waals surface area contributed by atoms with E-state index >= 15 is 0 Å². The maximum Gasteiger partial charge on any atom is 0.285 e. The maximum atomic E-state index is 12.8. The van der Waals surface area contributed by atoms with Crippen molar-refractivity contribution in [1.82, 2.24) is 0 Å². The highest BCUT2D eigenvalue weighted by molar-refractivity contribution is 8.19. The molecule has 0 aliphatic rings. The van der Waals surface area contributed by atoms with Crippen LogP contribution in [0.25, 0.3) is 0 Å². The molecule has 0 saturated heterocycles. The monoisotopic (exact) mass is 454 g/mol. The van der Waals surface area contributed by atoms with Crippen molar-refractivity contribution >= 4 is 20.1 Å². The van der Waals surface area contributed by atoms with Crippen LogP contribution in [0.2, 0.25) is 0 Å². The molecule has 168 valence electrons. The number of ether oxygens (including phenoxy) is 6. The van der Waals surface area contributed by atoms with Gasteiger partial charge in [-0.25, -0.2) is 8.42 Å². The van der Waals surface area contributed by atoms with Crippen molar-refractivity contribution in [2.75, 3.05) is 42.7 Å². The smallest absolute Gasteiger partial charge is 0.285 e. The van der Waals surface area contributed by atoms with Gasteiger partial charge < -0.3 is 28.4 Å². The first-order valence-electron chi connectivity index (χ1n) is 8.63. The van der Waals surface area contributed by atoms with E-state index in [1.165, 1.54) is 42.7 Å². The number of carbonyl (C=O) groups excluding carboxylic acids is 2. The zero-order chi connectivity index (χ0) is 23.3. The molecule has 0 N–H and O–H groups in total. The summed E-state index contributed by atoms with van der Waals surface area (Å²) >= 11 is 0. The molecule has 10 nitrogen and oxygen atoms in total. The van der Waals surface area contributed by atoms with E-state index in [1.54, 1.807) is 0 Å². The molecule has 2 aromatic rings. The van der Waals surface area contributed by atoms with E-state index in [2.05, 4.69) is 0 Å². The van der Waals surface area contributed by atoms with E-state index < -0.39 is 20.1 Å². The summed E-state index contributed by atoms with van der Waals surface area (Å²) in [5.74, 6) is 0.548. The second kappa shape index (κ2) is 9.56. The zero-order valence-electron chi connectivity index (χ0n) is 17.8. The first-order valence-corrected chi connectivity index (χ1v) is 10.1. The number of hydrogen-bond donors (Lipinski definition) is 0. The van der Waals surface area contributed by atoms with E-state index in [9.17, 15) is 18.0 Å². The Morgan fingerprint density at radius 1 is 0.548 bits per heavy atom. The quantitative estimate of drug-likeness (QED) is 0.586. The molecule has 0 bridgehead atoms. The van der Waals surface area contributed by atoms with Gasteiger partial charge >= 0.3 is 0 Å². The molecule has 2 rings (SSSR count).